The highest BCUT2D eigenvalue weighted by atomic mass is 16.4. The zero-order valence-electron chi connectivity index (χ0n) is 12.9. The molecular weight excluding hydrogens is 284 g/mol. The first-order valence-electron chi connectivity index (χ1n) is 7.15. The number of aliphatic carboxylic acids is 2. The Balaban J connectivity index is 0.000000261. The van der Waals surface area contributed by atoms with E-state index in [0.29, 0.717) is 12.2 Å². The number of aromatic amines is 1. The average Bonchev–Trinajstić information content (AvgIpc) is 2.94. The number of imidazole rings is 1. The van der Waals surface area contributed by atoms with Crippen LogP contribution in [0.4, 0.5) is 0 Å². The first kappa shape index (κ1) is 17.7. The highest BCUT2D eigenvalue weighted by Gasteiger charge is 2.17. The fourth-order valence-corrected chi connectivity index (χ4v) is 2.37. The maximum atomic E-state index is 9.55. The molecule has 2 rings (SSSR count). The van der Waals surface area contributed by atoms with Gasteiger partial charge in [0.1, 0.15) is 0 Å². The van der Waals surface area contributed by atoms with Crippen LogP contribution in [0, 0.1) is 5.92 Å². The molecule has 0 bridgehead atoms. The molecule has 22 heavy (non-hydrogen) atoms. The first-order valence-corrected chi connectivity index (χ1v) is 7.15. The summed E-state index contributed by atoms with van der Waals surface area (Å²) in [7, 11) is 0. The molecule has 1 unspecified atom stereocenters. The lowest BCUT2D eigenvalue weighted by molar-refractivity contribution is -0.134. The lowest BCUT2D eigenvalue weighted by Crippen LogP contribution is -2.11. The molecule has 0 amide bonds. The van der Waals surface area contributed by atoms with E-state index >= 15 is 0 Å². The molecule has 0 saturated heterocycles. The van der Waals surface area contributed by atoms with E-state index < -0.39 is 11.9 Å². The molecule has 3 N–H and O–H groups in total. The third-order valence-electron chi connectivity index (χ3n) is 3.68. The number of hydrogen-bond acceptors (Lipinski definition) is 3. The van der Waals surface area contributed by atoms with Gasteiger partial charge >= 0.3 is 11.9 Å². The summed E-state index contributed by atoms with van der Waals surface area (Å²) in [4.78, 5) is 26.3. The number of allylic oxidation sites excluding steroid dienone is 2. The Bertz CT molecular complexity index is 543. The molecule has 0 fully saturated rings. The third kappa shape index (κ3) is 6.88. The first-order chi connectivity index (χ1) is 10.4. The standard InChI is InChI=1S/C12H18N2.C4H4O4/c1-9-3-4-11(5-10(9)2)6-12-7-13-8-14-12;5-3(6)1-2-4(7)8/h7-8,11H,3-6H2,1-2H3,(H,13,14);1-2H,(H,5,6)(H,7,8)/b;2-1+. The Morgan fingerprint density at radius 3 is 2.36 bits per heavy atom. The Morgan fingerprint density at radius 1 is 1.27 bits per heavy atom. The summed E-state index contributed by atoms with van der Waals surface area (Å²) in [5, 5.41) is 15.6. The second-order valence-electron chi connectivity index (χ2n) is 5.46. The molecule has 0 aromatic carbocycles. The number of carboxylic acids is 2. The number of rotatable bonds is 4. The molecule has 0 saturated carbocycles. The van der Waals surface area contributed by atoms with Gasteiger partial charge in [-0.05, 0) is 45.4 Å². The second kappa shape index (κ2) is 8.81. The SMILES string of the molecule is CC1=C(C)CC(Cc2cnc[nH]2)CC1.O=C(O)/C=C/C(=O)O. The third-order valence-corrected chi connectivity index (χ3v) is 3.68. The normalized spacial score (nSPS) is 18.0. The average molecular weight is 306 g/mol. The van der Waals surface area contributed by atoms with Crippen LogP contribution in [0.25, 0.3) is 0 Å². The van der Waals surface area contributed by atoms with Gasteiger partial charge in [0.25, 0.3) is 0 Å². The minimum absolute atomic E-state index is 0.558. The van der Waals surface area contributed by atoms with E-state index in [2.05, 4.69) is 23.8 Å². The van der Waals surface area contributed by atoms with E-state index in [0.717, 1.165) is 12.3 Å². The number of H-pyrrole nitrogens is 1. The highest BCUT2D eigenvalue weighted by Crippen LogP contribution is 2.30. The van der Waals surface area contributed by atoms with Gasteiger partial charge in [-0.3, -0.25) is 0 Å². The van der Waals surface area contributed by atoms with E-state index in [1.165, 1.54) is 25.0 Å². The largest absolute Gasteiger partial charge is 0.478 e. The van der Waals surface area contributed by atoms with Crippen molar-refractivity contribution in [3.63, 3.8) is 0 Å². The van der Waals surface area contributed by atoms with Gasteiger partial charge < -0.3 is 15.2 Å². The zero-order valence-corrected chi connectivity index (χ0v) is 12.9. The van der Waals surface area contributed by atoms with Gasteiger partial charge in [-0.15, -0.1) is 0 Å². The molecule has 1 aromatic heterocycles. The van der Waals surface area contributed by atoms with Crippen molar-refractivity contribution in [3.05, 3.63) is 41.5 Å². The predicted molar refractivity (Wildman–Crippen MR) is 82.4 cm³/mol. The van der Waals surface area contributed by atoms with E-state index in [1.54, 1.807) is 17.5 Å². The summed E-state index contributed by atoms with van der Waals surface area (Å²) >= 11 is 0. The van der Waals surface area contributed by atoms with E-state index in [4.69, 9.17) is 10.2 Å². The molecule has 120 valence electrons. The molecule has 1 atom stereocenters. The zero-order chi connectivity index (χ0) is 16.5. The highest BCUT2D eigenvalue weighted by molar-refractivity contribution is 5.89. The lowest BCUT2D eigenvalue weighted by Gasteiger charge is -2.23. The van der Waals surface area contributed by atoms with E-state index in [9.17, 15) is 9.59 Å². The molecule has 6 nitrogen and oxygen atoms in total. The summed E-state index contributed by atoms with van der Waals surface area (Å²) in [5.74, 6) is -1.70. The number of nitrogens with zero attached hydrogens (tertiary/aromatic N) is 1. The number of carbonyl (C=O) groups is 2. The van der Waals surface area contributed by atoms with Crippen LogP contribution < -0.4 is 0 Å². The summed E-state index contributed by atoms with van der Waals surface area (Å²) in [5.41, 5.74) is 4.48. The van der Waals surface area contributed by atoms with Gasteiger partial charge in [0.15, 0.2) is 0 Å². The van der Waals surface area contributed by atoms with Crippen LogP contribution in [-0.4, -0.2) is 32.1 Å². The van der Waals surface area contributed by atoms with E-state index in [1.807, 2.05) is 6.20 Å². The summed E-state index contributed by atoms with van der Waals surface area (Å²) in [6, 6.07) is 0. The molecule has 0 spiro atoms. The van der Waals surface area contributed by atoms with Crippen LogP contribution in [0.2, 0.25) is 0 Å². The Kier molecular flexibility index (Phi) is 7.08. The summed E-state index contributed by atoms with van der Waals surface area (Å²) in [6.45, 7) is 4.54. The number of hydrogen-bond donors (Lipinski definition) is 3. The van der Waals surface area contributed by atoms with Crippen molar-refractivity contribution in [2.24, 2.45) is 5.92 Å². The smallest absolute Gasteiger partial charge is 0.328 e. The quantitative estimate of drug-likeness (QED) is 0.586. The van der Waals surface area contributed by atoms with Gasteiger partial charge in [0.05, 0.1) is 6.33 Å². The molecule has 0 radical (unpaired) electrons. The van der Waals surface area contributed by atoms with Gasteiger partial charge in [-0.2, -0.15) is 0 Å². The van der Waals surface area contributed by atoms with Crippen molar-refractivity contribution >= 4 is 11.9 Å². The molecule has 1 aliphatic carbocycles. The monoisotopic (exact) mass is 306 g/mol. The minimum Gasteiger partial charge on any atom is -0.478 e. The Labute approximate surface area is 129 Å². The van der Waals surface area contributed by atoms with Crippen LogP contribution in [0.1, 0.15) is 38.8 Å². The van der Waals surface area contributed by atoms with E-state index in [-0.39, 0.29) is 0 Å². The number of carboxylic acid groups (broad SMARTS) is 2. The van der Waals surface area contributed by atoms with Crippen molar-refractivity contribution in [1.82, 2.24) is 9.97 Å². The summed E-state index contributed by atoms with van der Waals surface area (Å²) in [6.07, 6.45) is 9.87. The fraction of sp³-hybridized carbons (Fsp3) is 0.438. The van der Waals surface area contributed by atoms with Gasteiger partial charge in [-0.1, -0.05) is 11.1 Å². The van der Waals surface area contributed by atoms with Crippen LogP contribution in [-0.2, 0) is 16.0 Å². The minimum atomic E-state index is -1.26. The summed E-state index contributed by atoms with van der Waals surface area (Å²) < 4.78 is 0. The Morgan fingerprint density at radius 2 is 1.91 bits per heavy atom. The number of aromatic nitrogens is 2. The van der Waals surface area contributed by atoms with Crippen molar-refractivity contribution in [2.45, 2.75) is 39.5 Å². The molecular formula is C16H22N2O4. The molecule has 1 aliphatic rings. The van der Waals surface area contributed by atoms with Crippen molar-refractivity contribution < 1.29 is 19.8 Å². The van der Waals surface area contributed by atoms with Crippen LogP contribution >= 0.6 is 0 Å². The van der Waals surface area contributed by atoms with Crippen LogP contribution in [0.15, 0.2) is 35.8 Å². The van der Waals surface area contributed by atoms with Crippen LogP contribution in [0.5, 0.6) is 0 Å². The van der Waals surface area contributed by atoms with Crippen molar-refractivity contribution in [2.75, 3.05) is 0 Å². The molecule has 6 heteroatoms. The Hall–Kier alpha value is -2.37. The van der Waals surface area contributed by atoms with Crippen molar-refractivity contribution in [3.8, 4) is 0 Å². The maximum absolute atomic E-state index is 9.55. The van der Waals surface area contributed by atoms with Crippen LogP contribution in [0.3, 0.4) is 0 Å². The predicted octanol–water partition coefficient (Wildman–Crippen LogP) is 2.80. The molecule has 1 heterocycles. The topological polar surface area (TPSA) is 103 Å². The van der Waals surface area contributed by atoms with Gasteiger partial charge in [-0.25, -0.2) is 14.6 Å². The number of nitrogens with one attached hydrogen (secondary N) is 1. The molecule has 0 aliphatic heterocycles. The van der Waals surface area contributed by atoms with Crippen molar-refractivity contribution in [1.29, 1.82) is 0 Å². The molecule has 1 aromatic rings. The maximum Gasteiger partial charge on any atom is 0.328 e. The second-order valence-corrected chi connectivity index (χ2v) is 5.46. The fourth-order valence-electron chi connectivity index (χ4n) is 2.37. The van der Waals surface area contributed by atoms with Gasteiger partial charge in [0, 0.05) is 24.0 Å². The van der Waals surface area contributed by atoms with Gasteiger partial charge in [0.2, 0.25) is 0 Å². The lowest BCUT2D eigenvalue weighted by atomic mass is 9.83.